The molecule has 0 fully saturated rings. The van der Waals surface area contributed by atoms with Crippen LogP contribution >= 0.6 is 0 Å². The van der Waals surface area contributed by atoms with Crippen molar-refractivity contribution in [1.82, 2.24) is 4.72 Å². The van der Waals surface area contributed by atoms with Crippen LogP contribution in [0.1, 0.15) is 41.0 Å². The molecule has 0 aliphatic heterocycles. The maximum absolute atomic E-state index is 12.8. The van der Waals surface area contributed by atoms with Crippen LogP contribution in [0.4, 0.5) is 13.2 Å². The molecule has 0 saturated carbocycles. The Morgan fingerprint density at radius 2 is 1.75 bits per heavy atom. The zero-order valence-electron chi connectivity index (χ0n) is 12.3. The number of ether oxygens (including phenoxy) is 1. The molecular weight excluding hydrogens is 295 g/mol. The van der Waals surface area contributed by atoms with Crippen molar-refractivity contribution in [2.24, 2.45) is 5.92 Å². The van der Waals surface area contributed by atoms with Crippen LogP contribution in [-0.4, -0.2) is 33.8 Å². The first kappa shape index (κ1) is 19.4. The number of carbonyl (C=O) groups is 1. The van der Waals surface area contributed by atoms with Gasteiger partial charge in [-0.05, 0) is 26.7 Å². The van der Waals surface area contributed by atoms with Gasteiger partial charge in [-0.1, -0.05) is 13.8 Å². The van der Waals surface area contributed by atoms with Crippen molar-refractivity contribution in [1.29, 1.82) is 0 Å². The van der Waals surface area contributed by atoms with E-state index in [1.54, 1.807) is 34.6 Å². The number of hydrogen-bond donors (Lipinski definition) is 1. The zero-order valence-corrected chi connectivity index (χ0v) is 13.2. The first-order chi connectivity index (χ1) is 8.84. The number of rotatable bonds is 6. The number of carbonyl (C=O) groups excluding carboxylic acids is 1. The summed E-state index contributed by atoms with van der Waals surface area (Å²) in [4.78, 5) is 11.4. The van der Waals surface area contributed by atoms with Crippen molar-refractivity contribution in [3.8, 4) is 0 Å². The Bertz CT molecular complexity index is 351. The fraction of sp³-hybridized carbons (Fsp3) is 0.917. The van der Waals surface area contributed by atoms with Crippen molar-refractivity contribution in [3.63, 3.8) is 0 Å². The Balaban J connectivity index is 4.68. The summed E-state index contributed by atoms with van der Waals surface area (Å²) in [6.07, 6.45) is -5.56. The van der Waals surface area contributed by atoms with Crippen LogP contribution in [0.25, 0.3) is 0 Å². The monoisotopic (exact) mass is 317 g/mol. The van der Waals surface area contributed by atoms with Gasteiger partial charge in [0.15, 0.2) is 0 Å². The largest absolute Gasteiger partial charge is 0.465 e. The molecule has 0 rings (SSSR count). The fourth-order valence-corrected chi connectivity index (χ4v) is 1.84. The molecule has 4 nitrogen and oxygen atoms in total. The fourth-order valence-electron chi connectivity index (χ4n) is 1.02. The van der Waals surface area contributed by atoms with E-state index in [1.807, 2.05) is 4.72 Å². The third kappa shape index (κ3) is 7.84. The molecule has 0 heterocycles. The van der Waals surface area contributed by atoms with Crippen LogP contribution in [0.15, 0.2) is 0 Å². The Labute approximate surface area is 120 Å². The maximum atomic E-state index is 12.8. The quantitative estimate of drug-likeness (QED) is 0.766. The lowest BCUT2D eigenvalue weighted by Gasteiger charge is -2.25. The smallest absolute Gasteiger partial charge is 0.405 e. The van der Waals surface area contributed by atoms with Gasteiger partial charge >= 0.3 is 12.1 Å². The molecule has 1 N–H and O–H groups in total. The Morgan fingerprint density at radius 1 is 1.25 bits per heavy atom. The molecule has 0 amide bonds. The Hall–Kier alpha value is -0.630. The Kier molecular flexibility index (Phi) is 7.17. The summed E-state index contributed by atoms with van der Waals surface area (Å²) in [7, 11) is -1.92. The molecule has 0 spiro atoms. The van der Waals surface area contributed by atoms with Crippen molar-refractivity contribution < 1.29 is 26.9 Å². The van der Waals surface area contributed by atoms with Crippen LogP contribution in [0.3, 0.4) is 0 Å². The zero-order chi connectivity index (χ0) is 16.1. The van der Waals surface area contributed by atoms with E-state index in [2.05, 4.69) is 0 Å². The molecule has 0 radical (unpaired) electrons. The summed E-state index contributed by atoms with van der Waals surface area (Å²) in [6.45, 7) is 8.25. The normalized spacial score (nSPS) is 16.1. The molecule has 0 bridgehead atoms. The van der Waals surface area contributed by atoms with Gasteiger partial charge in [-0.3, -0.25) is 4.79 Å². The molecule has 8 heteroatoms. The van der Waals surface area contributed by atoms with E-state index in [4.69, 9.17) is 4.74 Å². The average Bonchev–Trinajstić information content (AvgIpc) is 2.22. The lowest BCUT2D eigenvalue weighted by molar-refractivity contribution is -0.167. The summed E-state index contributed by atoms with van der Waals surface area (Å²) in [5.74, 6) is -0.917. The second-order valence-electron chi connectivity index (χ2n) is 5.87. The van der Waals surface area contributed by atoms with Gasteiger partial charge in [0.1, 0.15) is 6.04 Å². The van der Waals surface area contributed by atoms with E-state index >= 15 is 0 Å². The molecule has 0 saturated heterocycles. The number of halogens is 3. The van der Waals surface area contributed by atoms with Crippen molar-refractivity contribution in [2.75, 3.05) is 6.61 Å². The number of esters is 1. The second-order valence-corrected chi connectivity index (χ2v) is 7.87. The van der Waals surface area contributed by atoms with Gasteiger partial charge in [0.25, 0.3) is 0 Å². The minimum atomic E-state index is -4.67. The molecule has 120 valence electrons. The van der Waals surface area contributed by atoms with Gasteiger partial charge < -0.3 is 4.74 Å². The van der Waals surface area contributed by atoms with Crippen LogP contribution in [0.2, 0.25) is 0 Å². The molecular formula is C12H22F3NO3S. The number of hydrogen-bond acceptors (Lipinski definition) is 3. The van der Waals surface area contributed by atoms with E-state index in [9.17, 15) is 22.2 Å². The molecule has 0 aliphatic carbocycles. The SMILES string of the molecule is CC(C)COC(=O)C[C@H](NS(=O)C(C)(C)C)C(F)(F)F. The number of nitrogens with one attached hydrogen (secondary N) is 1. The third-order valence-electron chi connectivity index (χ3n) is 2.15. The van der Waals surface area contributed by atoms with Crippen molar-refractivity contribution in [3.05, 3.63) is 0 Å². The van der Waals surface area contributed by atoms with Crippen LogP contribution in [0.5, 0.6) is 0 Å². The van der Waals surface area contributed by atoms with Gasteiger partial charge in [-0.25, -0.2) is 8.93 Å². The molecule has 1 unspecified atom stereocenters. The van der Waals surface area contributed by atoms with E-state index in [0.717, 1.165) is 0 Å². The molecule has 0 aromatic carbocycles. The highest BCUT2D eigenvalue weighted by molar-refractivity contribution is 7.84. The van der Waals surface area contributed by atoms with Crippen LogP contribution in [-0.2, 0) is 20.5 Å². The molecule has 0 aromatic rings. The maximum Gasteiger partial charge on any atom is 0.405 e. The Morgan fingerprint density at radius 3 is 2.10 bits per heavy atom. The van der Waals surface area contributed by atoms with E-state index in [-0.39, 0.29) is 12.5 Å². The highest BCUT2D eigenvalue weighted by atomic mass is 32.2. The summed E-state index contributed by atoms with van der Waals surface area (Å²) < 4.78 is 56.0. The third-order valence-corrected chi connectivity index (χ3v) is 3.76. The van der Waals surface area contributed by atoms with Crippen LogP contribution in [0, 0.1) is 5.92 Å². The predicted octanol–water partition coefficient (Wildman–Crippen LogP) is 2.56. The van der Waals surface area contributed by atoms with E-state index in [1.165, 1.54) is 0 Å². The minimum Gasteiger partial charge on any atom is -0.465 e. The predicted molar refractivity (Wildman–Crippen MR) is 71.3 cm³/mol. The minimum absolute atomic E-state index is 0.0416. The van der Waals surface area contributed by atoms with Crippen LogP contribution < -0.4 is 4.72 Å². The van der Waals surface area contributed by atoms with Gasteiger partial charge in [0.2, 0.25) is 0 Å². The second kappa shape index (κ2) is 7.40. The van der Waals surface area contributed by atoms with E-state index in [0.29, 0.717) is 0 Å². The first-order valence-corrected chi connectivity index (χ1v) is 7.39. The van der Waals surface area contributed by atoms with Crippen molar-refractivity contribution in [2.45, 2.75) is 58.0 Å². The summed E-state index contributed by atoms with van der Waals surface area (Å²) in [5, 5.41) is 0. The molecule has 0 aromatic heterocycles. The molecule has 0 aliphatic rings. The summed E-state index contributed by atoms with van der Waals surface area (Å²) in [5.41, 5.74) is 0. The number of alkyl halides is 3. The summed E-state index contributed by atoms with van der Waals surface area (Å²) >= 11 is 0. The lowest BCUT2D eigenvalue weighted by Crippen LogP contribution is -2.48. The molecule has 20 heavy (non-hydrogen) atoms. The summed E-state index contributed by atoms with van der Waals surface area (Å²) in [6, 6.07) is -2.18. The van der Waals surface area contributed by atoms with E-state index < -0.39 is 40.3 Å². The van der Waals surface area contributed by atoms with Gasteiger partial charge in [0, 0.05) is 0 Å². The highest BCUT2D eigenvalue weighted by Crippen LogP contribution is 2.24. The van der Waals surface area contributed by atoms with Gasteiger partial charge in [0.05, 0.1) is 28.8 Å². The van der Waals surface area contributed by atoms with Crippen molar-refractivity contribution >= 4 is 17.0 Å². The lowest BCUT2D eigenvalue weighted by atomic mass is 10.2. The highest BCUT2D eigenvalue weighted by Gasteiger charge is 2.43. The topological polar surface area (TPSA) is 55.4 Å². The average molecular weight is 317 g/mol. The first-order valence-electron chi connectivity index (χ1n) is 6.24. The van der Waals surface area contributed by atoms with Gasteiger partial charge in [-0.15, -0.1) is 0 Å². The van der Waals surface area contributed by atoms with Gasteiger partial charge in [-0.2, -0.15) is 13.2 Å². The molecule has 2 atom stereocenters. The standard InChI is InChI=1S/C12H22F3NO3S/c1-8(2)7-19-10(17)6-9(12(13,14)15)16-20(18)11(3,4)5/h8-9,16H,6-7H2,1-5H3/t9-,20?/m0/s1.